The smallest absolute Gasteiger partial charge is 0.212 e. The maximum absolute atomic E-state index is 5.88. The second-order valence-corrected chi connectivity index (χ2v) is 5.96. The van der Waals surface area contributed by atoms with Crippen LogP contribution in [0.15, 0.2) is 35.5 Å². The van der Waals surface area contributed by atoms with Crippen LogP contribution in [-0.2, 0) is 18.3 Å². The molecule has 1 aromatic carbocycles. The van der Waals surface area contributed by atoms with E-state index in [4.69, 9.17) is 9.47 Å². The molecule has 0 saturated carbocycles. The summed E-state index contributed by atoms with van der Waals surface area (Å²) in [4.78, 5) is 4.67. The maximum Gasteiger partial charge on any atom is 0.212 e. The molecule has 140 valence electrons. The highest BCUT2D eigenvalue weighted by atomic mass is 16.6. The molecule has 2 aromatic rings. The van der Waals surface area contributed by atoms with Gasteiger partial charge in [0, 0.05) is 19.5 Å². The first-order valence-corrected chi connectivity index (χ1v) is 8.62. The predicted octanol–water partition coefficient (Wildman–Crippen LogP) is 3.59. The fourth-order valence-electron chi connectivity index (χ4n) is 2.71. The molecule has 0 radical (unpaired) electrons. The molecular formula is C20H27N3O3. The van der Waals surface area contributed by atoms with E-state index in [0.29, 0.717) is 24.8 Å². The number of rotatable bonds is 9. The van der Waals surface area contributed by atoms with Crippen molar-refractivity contribution in [2.45, 2.75) is 27.2 Å². The Balaban J connectivity index is 1.97. The first kappa shape index (κ1) is 19.6. The monoisotopic (exact) mass is 357 g/mol. The molecule has 6 nitrogen and oxygen atoms in total. The molecule has 0 aliphatic heterocycles. The van der Waals surface area contributed by atoms with E-state index in [9.17, 15) is 0 Å². The van der Waals surface area contributed by atoms with E-state index < -0.39 is 0 Å². The summed E-state index contributed by atoms with van der Waals surface area (Å²) in [5.41, 5.74) is 4.40. The van der Waals surface area contributed by atoms with Crippen molar-refractivity contribution in [3.8, 4) is 11.6 Å². The predicted molar refractivity (Wildman–Crippen MR) is 103 cm³/mol. The molecule has 0 aliphatic rings. The van der Waals surface area contributed by atoms with Crippen LogP contribution in [0, 0.1) is 13.8 Å². The summed E-state index contributed by atoms with van der Waals surface area (Å²) in [6.45, 7) is 7.36. The lowest BCUT2D eigenvalue weighted by atomic mass is 10.00. The number of hydrogen-bond acceptors (Lipinski definition) is 5. The zero-order valence-electron chi connectivity index (χ0n) is 16.2. The third-order valence-electron chi connectivity index (χ3n) is 4.00. The molecule has 0 amide bonds. The summed E-state index contributed by atoms with van der Waals surface area (Å²) in [5.74, 6) is 1.60. The van der Waals surface area contributed by atoms with Gasteiger partial charge in [-0.3, -0.25) is 0 Å². The lowest BCUT2D eigenvalue weighted by molar-refractivity contribution is 0.215. The minimum absolute atomic E-state index is 0.570. The molecule has 1 aromatic heterocycles. The molecule has 0 aliphatic carbocycles. The summed E-state index contributed by atoms with van der Waals surface area (Å²) in [6.07, 6.45) is 6.34. The van der Waals surface area contributed by atoms with Crippen LogP contribution in [0.25, 0.3) is 0 Å². The highest BCUT2D eigenvalue weighted by Crippen LogP contribution is 2.23. The summed E-state index contributed by atoms with van der Waals surface area (Å²) in [5, 5.41) is 8.01. The Hall–Kier alpha value is -2.76. The van der Waals surface area contributed by atoms with Gasteiger partial charge in [-0.25, -0.2) is 4.68 Å². The van der Waals surface area contributed by atoms with E-state index in [1.165, 1.54) is 23.8 Å². The van der Waals surface area contributed by atoms with E-state index in [0.717, 1.165) is 12.2 Å². The van der Waals surface area contributed by atoms with Gasteiger partial charge in [-0.15, -0.1) is 0 Å². The molecule has 1 heterocycles. The minimum atomic E-state index is 0.570. The van der Waals surface area contributed by atoms with E-state index in [2.05, 4.69) is 41.1 Å². The van der Waals surface area contributed by atoms with Crippen LogP contribution in [0.4, 0.5) is 0 Å². The van der Waals surface area contributed by atoms with Crippen molar-refractivity contribution < 1.29 is 14.3 Å². The van der Waals surface area contributed by atoms with E-state index in [1.807, 2.05) is 32.2 Å². The largest absolute Gasteiger partial charge is 0.490 e. The van der Waals surface area contributed by atoms with Crippen LogP contribution in [-0.4, -0.2) is 36.3 Å². The standard InChI is InChI=1S/C20H27N3O3/c1-6-7-9-25-18-11-15(2)19(16(3)12-18)8-10-26-20-13-17(14-21-24-5)22-23(20)4/h6-7,11-14H,8-10H2,1-5H3/b7-6+,21-14?. The molecule has 0 fully saturated rings. The Kier molecular flexibility index (Phi) is 7.26. The van der Waals surface area contributed by atoms with Crippen LogP contribution in [0.3, 0.4) is 0 Å². The minimum Gasteiger partial charge on any atom is -0.490 e. The van der Waals surface area contributed by atoms with Gasteiger partial charge in [0.1, 0.15) is 25.2 Å². The molecule has 0 bridgehead atoms. The van der Waals surface area contributed by atoms with Crippen molar-refractivity contribution in [1.29, 1.82) is 0 Å². The Labute approximate surface area is 155 Å². The Morgan fingerprint density at radius 1 is 1.15 bits per heavy atom. The van der Waals surface area contributed by atoms with Gasteiger partial charge in [-0.05, 0) is 49.6 Å². The van der Waals surface area contributed by atoms with Crippen LogP contribution < -0.4 is 9.47 Å². The van der Waals surface area contributed by atoms with Crippen LogP contribution >= 0.6 is 0 Å². The average molecular weight is 357 g/mol. The number of allylic oxidation sites excluding steroid dienone is 1. The molecule has 26 heavy (non-hydrogen) atoms. The van der Waals surface area contributed by atoms with Crippen LogP contribution in [0.2, 0.25) is 0 Å². The van der Waals surface area contributed by atoms with Crippen LogP contribution in [0.1, 0.15) is 29.3 Å². The molecule has 0 spiro atoms. The van der Waals surface area contributed by atoms with Crippen LogP contribution in [0.5, 0.6) is 11.6 Å². The normalized spacial score (nSPS) is 11.4. The van der Waals surface area contributed by atoms with E-state index in [-0.39, 0.29) is 0 Å². The molecule has 0 N–H and O–H groups in total. The Bertz CT molecular complexity index is 756. The molecule has 0 saturated heterocycles. The van der Waals surface area contributed by atoms with Crippen molar-refractivity contribution in [3.63, 3.8) is 0 Å². The molecule has 2 rings (SSSR count). The summed E-state index contributed by atoms with van der Waals surface area (Å²) in [7, 11) is 3.34. The van der Waals surface area contributed by atoms with Crippen molar-refractivity contribution in [2.24, 2.45) is 12.2 Å². The van der Waals surface area contributed by atoms with Crippen molar-refractivity contribution in [2.75, 3.05) is 20.3 Å². The van der Waals surface area contributed by atoms with Gasteiger partial charge in [0.15, 0.2) is 0 Å². The lowest BCUT2D eigenvalue weighted by Gasteiger charge is -2.13. The fraction of sp³-hybridized carbons (Fsp3) is 0.400. The number of oxime groups is 1. The van der Waals surface area contributed by atoms with Gasteiger partial charge < -0.3 is 14.3 Å². The van der Waals surface area contributed by atoms with Gasteiger partial charge in [-0.1, -0.05) is 17.3 Å². The Morgan fingerprint density at radius 3 is 2.54 bits per heavy atom. The molecule has 0 unspecified atom stereocenters. The number of nitrogens with zero attached hydrogens (tertiary/aromatic N) is 3. The van der Waals surface area contributed by atoms with Gasteiger partial charge in [0.2, 0.25) is 5.88 Å². The zero-order chi connectivity index (χ0) is 18.9. The van der Waals surface area contributed by atoms with Crippen molar-refractivity contribution in [3.05, 3.63) is 52.7 Å². The maximum atomic E-state index is 5.88. The highest BCUT2D eigenvalue weighted by Gasteiger charge is 2.09. The Morgan fingerprint density at radius 2 is 1.88 bits per heavy atom. The van der Waals surface area contributed by atoms with Crippen molar-refractivity contribution >= 4 is 6.21 Å². The number of ether oxygens (including phenoxy) is 2. The van der Waals surface area contributed by atoms with Crippen molar-refractivity contribution in [1.82, 2.24) is 9.78 Å². The number of aromatic nitrogens is 2. The second-order valence-electron chi connectivity index (χ2n) is 5.96. The first-order valence-electron chi connectivity index (χ1n) is 8.62. The van der Waals surface area contributed by atoms with Gasteiger partial charge >= 0.3 is 0 Å². The van der Waals surface area contributed by atoms with E-state index >= 15 is 0 Å². The summed E-state index contributed by atoms with van der Waals surface area (Å²) in [6, 6.07) is 5.99. The average Bonchev–Trinajstić information content (AvgIpc) is 2.95. The third-order valence-corrected chi connectivity index (χ3v) is 4.00. The summed E-state index contributed by atoms with van der Waals surface area (Å²) >= 11 is 0. The van der Waals surface area contributed by atoms with E-state index in [1.54, 1.807) is 10.9 Å². The molecule has 0 atom stereocenters. The van der Waals surface area contributed by atoms with Gasteiger partial charge in [0.25, 0.3) is 0 Å². The SMILES string of the molecule is C/C=C/COc1cc(C)c(CCOc2cc(C=NOC)nn2C)c(C)c1. The third kappa shape index (κ3) is 5.37. The highest BCUT2D eigenvalue weighted by molar-refractivity contribution is 5.76. The number of benzene rings is 1. The van der Waals surface area contributed by atoms with Gasteiger partial charge in [-0.2, -0.15) is 5.10 Å². The number of hydrogen-bond donors (Lipinski definition) is 0. The number of aryl methyl sites for hydroxylation is 3. The zero-order valence-corrected chi connectivity index (χ0v) is 16.2. The second kappa shape index (κ2) is 9.65. The molecular weight excluding hydrogens is 330 g/mol. The molecule has 6 heteroatoms. The lowest BCUT2D eigenvalue weighted by Crippen LogP contribution is -2.07. The quantitative estimate of drug-likeness (QED) is 0.391. The first-order chi connectivity index (χ1) is 12.5. The van der Waals surface area contributed by atoms with Gasteiger partial charge in [0.05, 0.1) is 12.8 Å². The fourth-order valence-corrected chi connectivity index (χ4v) is 2.71. The summed E-state index contributed by atoms with van der Waals surface area (Å²) < 4.78 is 13.3. The topological polar surface area (TPSA) is 57.9 Å².